The summed E-state index contributed by atoms with van der Waals surface area (Å²) in [5.74, 6) is 1.17. The van der Waals surface area contributed by atoms with Crippen LogP contribution >= 0.6 is 0 Å². The molecule has 3 N–H and O–H groups in total. The zero-order valence-corrected chi connectivity index (χ0v) is 21.2. The molecule has 37 heavy (non-hydrogen) atoms. The molecule has 0 radical (unpaired) electrons. The van der Waals surface area contributed by atoms with E-state index in [2.05, 4.69) is 4.98 Å². The highest BCUT2D eigenvalue weighted by Gasteiger charge is 2.32. The number of oxazole rings is 1. The average molecular weight is 520 g/mol. The molecule has 9 heteroatoms. The van der Waals surface area contributed by atoms with Crippen LogP contribution in [0.5, 0.6) is 0 Å². The van der Waals surface area contributed by atoms with Gasteiger partial charge in [-0.15, -0.1) is 0 Å². The number of hydrogen-bond donors (Lipinski definition) is 2. The number of ether oxygens (including phenoxy) is 1. The molecule has 0 saturated carbocycles. The monoisotopic (exact) mass is 519 g/mol. The first-order valence-electron chi connectivity index (χ1n) is 12.2. The second kappa shape index (κ2) is 10.5. The van der Waals surface area contributed by atoms with Crippen molar-refractivity contribution in [2.45, 2.75) is 42.6 Å². The number of rotatable bonds is 8. The lowest BCUT2D eigenvalue weighted by atomic mass is 9.86. The minimum absolute atomic E-state index is 0.0403. The Bertz CT molecular complexity index is 1460. The van der Waals surface area contributed by atoms with Crippen LogP contribution in [0.1, 0.15) is 36.3 Å². The number of aryl methyl sites for hydroxylation is 2. The lowest BCUT2D eigenvalue weighted by Gasteiger charge is -2.32. The normalized spacial score (nSPS) is 15.5. The van der Waals surface area contributed by atoms with Crippen molar-refractivity contribution in [3.63, 3.8) is 0 Å². The number of hydrogen-bond acceptors (Lipinski definition) is 7. The van der Waals surface area contributed by atoms with Gasteiger partial charge in [0, 0.05) is 61.6 Å². The number of benzene rings is 2. The molecule has 0 spiro atoms. The average Bonchev–Trinajstić information content (AvgIpc) is 3.34. The van der Waals surface area contributed by atoms with E-state index in [1.165, 1.54) is 12.1 Å². The van der Waals surface area contributed by atoms with Crippen molar-refractivity contribution < 1.29 is 22.7 Å². The minimum Gasteiger partial charge on any atom is -0.440 e. The quantitative estimate of drug-likeness (QED) is 0.357. The topological polar surface area (TPSA) is 129 Å². The smallest absolute Gasteiger partial charge is 0.238 e. The van der Waals surface area contributed by atoms with E-state index in [1.807, 2.05) is 42.6 Å². The van der Waals surface area contributed by atoms with E-state index < -0.39 is 15.6 Å². The minimum atomic E-state index is -3.78. The summed E-state index contributed by atoms with van der Waals surface area (Å²) in [6, 6.07) is 18.0. The van der Waals surface area contributed by atoms with Gasteiger partial charge in [0.2, 0.25) is 10.0 Å². The SMILES string of the molecule is NS(=O)(=O)c1ccc(-c2oc(CCCc3cncc(C4(O)CCOCC4)c3)nc2-c2ccccc2)cc1. The van der Waals surface area contributed by atoms with Crippen molar-refractivity contribution >= 4 is 10.0 Å². The summed E-state index contributed by atoms with van der Waals surface area (Å²) in [4.78, 5) is 9.18. The lowest BCUT2D eigenvalue weighted by molar-refractivity contribution is -0.0681. The van der Waals surface area contributed by atoms with Gasteiger partial charge in [0.05, 0.1) is 10.5 Å². The Kier molecular flexibility index (Phi) is 7.21. The van der Waals surface area contributed by atoms with E-state index >= 15 is 0 Å². The predicted octanol–water partition coefficient (Wildman–Crippen LogP) is 4.22. The van der Waals surface area contributed by atoms with E-state index in [0.29, 0.717) is 55.4 Å². The molecule has 3 heterocycles. The zero-order valence-electron chi connectivity index (χ0n) is 20.3. The van der Waals surface area contributed by atoms with Gasteiger partial charge in [-0.25, -0.2) is 18.5 Å². The third kappa shape index (κ3) is 5.80. The van der Waals surface area contributed by atoms with Gasteiger partial charge in [-0.3, -0.25) is 4.98 Å². The molecule has 0 aliphatic carbocycles. The van der Waals surface area contributed by atoms with Crippen LogP contribution < -0.4 is 5.14 Å². The van der Waals surface area contributed by atoms with Crippen molar-refractivity contribution in [3.05, 3.63) is 90.1 Å². The molecule has 0 atom stereocenters. The van der Waals surface area contributed by atoms with Crippen LogP contribution in [0.2, 0.25) is 0 Å². The van der Waals surface area contributed by atoms with Gasteiger partial charge < -0.3 is 14.3 Å². The predicted molar refractivity (Wildman–Crippen MR) is 139 cm³/mol. The third-order valence-electron chi connectivity index (χ3n) is 6.67. The third-order valence-corrected chi connectivity index (χ3v) is 7.60. The van der Waals surface area contributed by atoms with Gasteiger partial charge in [0.1, 0.15) is 5.69 Å². The molecular weight excluding hydrogens is 490 g/mol. The fourth-order valence-electron chi connectivity index (χ4n) is 4.57. The van der Waals surface area contributed by atoms with E-state index in [0.717, 1.165) is 29.5 Å². The van der Waals surface area contributed by atoms with Crippen LogP contribution in [0, 0.1) is 0 Å². The zero-order chi connectivity index (χ0) is 25.9. The summed E-state index contributed by atoms with van der Waals surface area (Å²) < 4.78 is 34.9. The maximum absolute atomic E-state index is 11.7. The first kappa shape index (κ1) is 25.3. The maximum atomic E-state index is 11.7. The standard InChI is InChI=1S/C28H29N3O5S/c29-37(33,34)24-11-9-22(10-12-24)27-26(21-6-2-1-3-7-21)31-25(36-27)8-4-5-20-17-23(19-30-18-20)28(32)13-15-35-16-14-28/h1-3,6-7,9-12,17-19,32H,4-5,8,13-16H2,(H2,29,33,34). The van der Waals surface area contributed by atoms with Crippen LogP contribution in [-0.4, -0.2) is 36.7 Å². The molecule has 0 unspecified atom stereocenters. The van der Waals surface area contributed by atoms with E-state index in [4.69, 9.17) is 19.3 Å². The Morgan fingerprint density at radius 1 is 0.946 bits per heavy atom. The van der Waals surface area contributed by atoms with Crippen LogP contribution in [0.3, 0.4) is 0 Å². The van der Waals surface area contributed by atoms with Crippen LogP contribution in [0.25, 0.3) is 22.6 Å². The van der Waals surface area contributed by atoms with E-state index in [9.17, 15) is 13.5 Å². The molecule has 5 rings (SSSR count). The summed E-state index contributed by atoms with van der Waals surface area (Å²) in [6.45, 7) is 1.09. The fourth-order valence-corrected chi connectivity index (χ4v) is 5.09. The molecular formula is C28H29N3O5S. The van der Waals surface area contributed by atoms with Crippen LogP contribution in [-0.2, 0) is 33.2 Å². The van der Waals surface area contributed by atoms with Crippen molar-refractivity contribution in [2.24, 2.45) is 5.14 Å². The number of aliphatic hydroxyl groups is 1. The van der Waals surface area contributed by atoms with Gasteiger partial charge in [-0.1, -0.05) is 30.3 Å². The molecule has 4 aromatic rings. The number of primary sulfonamides is 1. The van der Waals surface area contributed by atoms with E-state index in [1.54, 1.807) is 18.3 Å². The first-order valence-corrected chi connectivity index (χ1v) is 13.8. The molecule has 2 aromatic carbocycles. The summed E-state index contributed by atoms with van der Waals surface area (Å²) in [7, 11) is -3.78. The molecule has 0 amide bonds. The van der Waals surface area contributed by atoms with Crippen LogP contribution in [0.4, 0.5) is 0 Å². The largest absolute Gasteiger partial charge is 0.440 e. The molecule has 1 aliphatic heterocycles. The maximum Gasteiger partial charge on any atom is 0.238 e. The Labute approximate surface area is 216 Å². The van der Waals surface area contributed by atoms with Crippen LogP contribution in [0.15, 0.2) is 82.4 Å². The molecule has 1 fully saturated rings. The molecule has 2 aromatic heterocycles. The Hall–Kier alpha value is -3.37. The highest BCUT2D eigenvalue weighted by molar-refractivity contribution is 7.89. The molecule has 0 bridgehead atoms. The second-order valence-corrected chi connectivity index (χ2v) is 10.9. The van der Waals surface area contributed by atoms with Gasteiger partial charge in [-0.2, -0.15) is 0 Å². The van der Waals surface area contributed by atoms with E-state index in [-0.39, 0.29) is 4.90 Å². The highest BCUT2D eigenvalue weighted by atomic mass is 32.2. The first-order chi connectivity index (χ1) is 17.8. The van der Waals surface area contributed by atoms with Crippen molar-refractivity contribution in [3.8, 4) is 22.6 Å². The van der Waals surface area contributed by atoms with Crippen molar-refractivity contribution in [2.75, 3.05) is 13.2 Å². The second-order valence-electron chi connectivity index (χ2n) is 9.30. The Morgan fingerprint density at radius 2 is 1.68 bits per heavy atom. The molecule has 8 nitrogen and oxygen atoms in total. The highest BCUT2D eigenvalue weighted by Crippen LogP contribution is 2.34. The Morgan fingerprint density at radius 3 is 2.38 bits per heavy atom. The summed E-state index contributed by atoms with van der Waals surface area (Å²) >= 11 is 0. The van der Waals surface area contributed by atoms with Gasteiger partial charge in [0.25, 0.3) is 0 Å². The van der Waals surface area contributed by atoms with Crippen molar-refractivity contribution in [1.29, 1.82) is 0 Å². The molecule has 1 saturated heterocycles. The van der Waals surface area contributed by atoms with Crippen molar-refractivity contribution in [1.82, 2.24) is 9.97 Å². The molecule has 192 valence electrons. The number of aromatic nitrogens is 2. The fraction of sp³-hybridized carbons (Fsp3) is 0.286. The summed E-state index contributed by atoms with van der Waals surface area (Å²) in [5.41, 5.74) is 3.31. The number of nitrogens with two attached hydrogens (primary N) is 1. The summed E-state index contributed by atoms with van der Waals surface area (Å²) in [5, 5.41) is 16.2. The van der Waals surface area contributed by atoms with Gasteiger partial charge in [0.15, 0.2) is 11.7 Å². The van der Waals surface area contributed by atoms with Gasteiger partial charge >= 0.3 is 0 Å². The number of nitrogens with zero attached hydrogens (tertiary/aromatic N) is 2. The lowest BCUT2D eigenvalue weighted by Crippen LogP contribution is -2.33. The van der Waals surface area contributed by atoms with Gasteiger partial charge in [-0.05, 0) is 48.7 Å². The number of pyridine rings is 1. The molecule has 1 aliphatic rings. The summed E-state index contributed by atoms with van der Waals surface area (Å²) in [6.07, 6.45) is 6.85. The number of sulfonamides is 1. The Balaban J connectivity index is 1.35.